The Morgan fingerprint density at radius 3 is 2.56 bits per heavy atom. The Morgan fingerprint density at radius 2 is 1.94 bits per heavy atom. The van der Waals surface area contributed by atoms with Crippen LogP contribution < -0.4 is 5.73 Å². The highest BCUT2D eigenvalue weighted by Gasteiger charge is 2.33. The molecular formula is C15H22N2O. The summed E-state index contributed by atoms with van der Waals surface area (Å²) in [7, 11) is 4.17. The third-order valence-electron chi connectivity index (χ3n) is 3.59. The number of furan rings is 1. The Hall–Kier alpha value is -1.32. The number of hydrogen-bond donors (Lipinski definition) is 1. The van der Waals surface area contributed by atoms with Gasteiger partial charge < -0.3 is 15.1 Å². The third kappa shape index (κ3) is 2.16. The van der Waals surface area contributed by atoms with Crippen LogP contribution in [0.3, 0.4) is 0 Å². The van der Waals surface area contributed by atoms with Crippen molar-refractivity contribution in [1.82, 2.24) is 4.90 Å². The SMILES string of the molecule is CN(C)C(c1coc2ccccc12)C(C)(C)CN. The minimum absolute atomic E-state index is 0.00382. The molecule has 0 bridgehead atoms. The van der Waals surface area contributed by atoms with Crippen LogP contribution in [0.1, 0.15) is 25.5 Å². The van der Waals surface area contributed by atoms with E-state index in [9.17, 15) is 0 Å². The molecule has 0 aliphatic heterocycles. The number of para-hydroxylation sites is 1. The van der Waals surface area contributed by atoms with Crippen LogP contribution in [-0.2, 0) is 0 Å². The number of nitrogens with zero attached hydrogens (tertiary/aromatic N) is 1. The first-order chi connectivity index (χ1) is 8.47. The van der Waals surface area contributed by atoms with Crippen molar-refractivity contribution < 1.29 is 4.42 Å². The minimum Gasteiger partial charge on any atom is -0.464 e. The van der Waals surface area contributed by atoms with Crippen molar-refractivity contribution in [3.63, 3.8) is 0 Å². The average Bonchev–Trinajstić information content (AvgIpc) is 2.73. The molecule has 3 heteroatoms. The standard InChI is InChI=1S/C15H22N2O/c1-15(2,10-16)14(17(3)4)12-9-18-13-8-6-5-7-11(12)13/h5-9,14H,10,16H2,1-4H3. The number of benzene rings is 1. The second-order valence-electron chi connectivity index (χ2n) is 5.75. The largest absolute Gasteiger partial charge is 0.464 e. The first kappa shape index (κ1) is 13.1. The van der Waals surface area contributed by atoms with Crippen LogP contribution in [0.15, 0.2) is 34.9 Å². The molecule has 1 atom stereocenters. The van der Waals surface area contributed by atoms with Gasteiger partial charge in [-0.1, -0.05) is 32.0 Å². The average molecular weight is 246 g/mol. The number of fused-ring (bicyclic) bond motifs is 1. The van der Waals surface area contributed by atoms with Crippen LogP contribution in [0.25, 0.3) is 11.0 Å². The molecule has 2 rings (SSSR count). The Morgan fingerprint density at radius 1 is 1.28 bits per heavy atom. The molecule has 0 aliphatic rings. The van der Waals surface area contributed by atoms with Crippen molar-refractivity contribution in [2.24, 2.45) is 11.1 Å². The Labute approximate surface area is 109 Å². The van der Waals surface area contributed by atoms with E-state index in [1.54, 1.807) is 0 Å². The van der Waals surface area contributed by atoms with Crippen LogP contribution in [-0.4, -0.2) is 25.5 Å². The molecule has 2 N–H and O–H groups in total. The summed E-state index contributed by atoms with van der Waals surface area (Å²) in [4.78, 5) is 2.21. The number of hydrogen-bond acceptors (Lipinski definition) is 3. The molecule has 1 aromatic heterocycles. The highest BCUT2D eigenvalue weighted by Crippen LogP contribution is 2.40. The fourth-order valence-electron chi connectivity index (χ4n) is 2.72. The monoisotopic (exact) mass is 246 g/mol. The van der Waals surface area contributed by atoms with Gasteiger partial charge in [0.25, 0.3) is 0 Å². The maximum absolute atomic E-state index is 5.94. The van der Waals surface area contributed by atoms with E-state index >= 15 is 0 Å². The summed E-state index contributed by atoms with van der Waals surface area (Å²) in [6.45, 7) is 5.02. The van der Waals surface area contributed by atoms with E-state index in [1.165, 1.54) is 10.9 Å². The maximum Gasteiger partial charge on any atom is 0.134 e. The normalized spacial score (nSPS) is 14.3. The van der Waals surface area contributed by atoms with Gasteiger partial charge in [-0.25, -0.2) is 0 Å². The van der Waals surface area contributed by atoms with Gasteiger partial charge in [-0.2, -0.15) is 0 Å². The predicted octanol–water partition coefficient (Wildman–Crippen LogP) is 3.02. The van der Waals surface area contributed by atoms with Crippen LogP contribution in [0, 0.1) is 5.41 Å². The molecule has 0 fully saturated rings. The van der Waals surface area contributed by atoms with Gasteiger partial charge in [-0.15, -0.1) is 0 Å². The van der Waals surface area contributed by atoms with Crippen molar-refractivity contribution in [1.29, 1.82) is 0 Å². The summed E-state index contributed by atoms with van der Waals surface area (Å²) in [5.41, 5.74) is 8.09. The van der Waals surface area contributed by atoms with Gasteiger partial charge in [0.2, 0.25) is 0 Å². The first-order valence-electron chi connectivity index (χ1n) is 6.30. The third-order valence-corrected chi connectivity index (χ3v) is 3.59. The fourth-order valence-corrected chi connectivity index (χ4v) is 2.72. The van der Waals surface area contributed by atoms with E-state index in [4.69, 9.17) is 10.2 Å². The number of nitrogens with two attached hydrogens (primary N) is 1. The van der Waals surface area contributed by atoms with E-state index in [0.29, 0.717) is 6.54 Å². The van der Waals surface area contributed by atoms with E-state index in [2.05, 4.69) is 38.9 Å². The molecule has 2 aromatic rings. The molecule has 0 radical (unpaired) electrons. The van der Waals surface area contributed by atoms with Gasteiger partial charge in [0.15, 0.2) is 0 Å². The highest BCUT2D eigenvalue weighted by molar-refractivity contribution is 5.81. The Balaban J connectivity index is 2.56. The Kier molecular flexibility index (Phi) is 3.46. The van der Waals surface area contributed by atoms with Gasteiger partial charge in [-0.05, 0) is 32.1 Å². The van der Waals surface area contributed by atoms with Crippen LogP contribution in [0.4, 0.5) is 0 Å². The molecule has 0 aliphatic carbocycles. The lowest BCUT2D eigenvalue weighted by Crippen LogP contribution is -2.38. The highest BCUT2D eigenvalue weighted by atomic mass is 16.3. The van der Waals surface area contributed by atoms with Crippen LogP contribution in [0.5, 0.6) is 0 Å². The summed E-state index contributed by atoms with van der Waals surface area (Å²) < 4.78 is 5.65. The van der Waals surface area contributed by atoms with Gasteiger partial charge in [0.05, 0.1) is 6.26 Å². The fraction of sp³-hybridized carbons (Fsp3) is 0.467. The molecule has 18 heavy (non-hydrogen) atoms. The lowest BCUT2D eigenvalue weighted by atomic mass is 9.79. The molecule has 98 valence electrons. The van der Waals surface area contributed by atoms with Crippen molar-refractivity contribution in [3.05, 3.63) is 36.1 Å². The van der Waals surface area contributed by atoms with E-state index < -0.39 is 0 Å². The van der Waals surface area contributed by atoms with Gasteiger partial charge >= 0.3 is 0 Å². The molecule has 0 saturated heterocycles. The summed E-state index contributed by atoms with van der Waals surface area (Å²) in [5.74, 6) is 0. The van der Waals surface area contributed by atoms with E-state index in [1.807, 2.05) is 24.5 Å². The number of rotatable bonds is 4. The topological polar surface area (TPSA) is 42.4 Å². The predicted molar refractivity (Wildman–Crippen MR) is 75.5 cm³/mol. The van der Waals surface area contributed by atoms with Crippen molar-refractivity contribution in [2.75, 3.05) is 20.6 Å². The molecule has 1 unspecified atom stereocenters. The Bertz CT molecular complexity index is 528. The quantitative estimate of drug-likeness (QED) is 0.901. The maximum atomic E-state index is 5.94. The molecular weight excluding hydrogens is 224 g/mol. The second-order valence-corrected chi connectivity index (χ2v) is 5.75. The summed E-state index contributed by atoms with van der Waals surface area (Å²) in [6, 6.07) is 8.39. The summed E-state index contributed by atoms with van der Waals surface area (Å²) in [5, 5.41) is 1.18. The van der Waals surface area contributed by atoms with Crippen LogP contribution in [0.2, 0.25) is 0 Å². The van der Waals surface area contributed by atoms with Crippen molar-refractivity contribution in [2.45, 2.75) is 19.9 Å². The molecule has 1 aromatic carbocycles. The van der Waals surface area contributed by atoms with E-state index in [-0.39, 0.29) is 11.5 Å². The first-order valence-corrected chi connectivity index (χ1v) is 6.30. The molecule has 3 nitrogen and oxygen atoms in total. The smallest absolute Gasteiger partial charge is 0.134 e. The van der Waals surface area contributed by atoms with Gasteiger partial charge in [0.1, 0.15) is 5.58 Å². The minimum atomic E-state index is -0.00382. The second kappa shape index (κ2) is 4.75. The van der Waals surface area contributed by atoms with Crippen molar-refractivity contribution >= 4 is 11.0 Å². The lowest BCUT2D eigenvalue weighted by molar-refractivity contribution is 0.143. The van der Waals surface area contributed by atoms with Gasteiger partial charge in [0, 0.05) is 17.0 Å². The zero-order valence-electron chi connectivity index (χ0n) is 11.6. The molecule has 0 amide bonds. The summed E-state index contributed by atoms with van der Waals surface area (Å²) in [6.07, 6.45) is 1.87. The zero-order chi connectivity index (χ0) is 13.3. The zero-order valence-corrected chi connectivity index (χ0v) is 11.6. The summed E-state index contributed by atoms with van der Waals surface area (Å²) >= 11 is 0. The van der Waals surface area contributed by atoms with Gasteiger partial charge in [-0.3, -0.25) is 0 Å². The van der Waals surface area contributed by atoms with E-state index in [0.717, 1.165) is 5.58 Å². The molecule has 0 spiro atoms. The van der Waals surface area contributed by atoms with Crippen LogP contribution >= 0.6 is 0 Å². The molecule has 1 heterocycles. The molecule has 0 saturated carbocycles. The van der Waals surface area contributed by atoms with Crippen molar-refractivity contribution in [3.8, 4) is 0 Å². The lowest BCUT2D eigenvalue weighted by Gasteiger charge is -2.37.